The fourth-order valence-corrected chi connectivity index (χ4v) is 4.11. The van der Waals surface area contributed by atoms with Crippen LogP contribution in [0.1, 0.15) is 64.4 Å². The fourth-order valence-electron chi connectivity index (χ4n) is 4.11. The second-order valence-electron chi connectivity index (χ2n) is 6.90. The van der Waals surface area contributed by atoms with Crippen LogP contribution in [0.2, 0.25) is 0 Å². The molecule has 1 saturated carbocycles. The summed E-state index contributed by atoms with van der Waals surface area (Å²) in [7, 11) is 0. The van der Waals surface area contributed by atoms with E-state index in [1.165, 1.54) is 44.2 Å². The summed E-state index contributed by atoms with van der Waals surface area (Å²) < 4.78 is 0. The molecule has 1 aliphatic carbocycles. The first-order valence-corrected chi connectivity index (χ1v) is 8.64. The van der Waals surface area contributed by atoms with Gasteiger partial charge in [0.05, 0.1) is 0 Å². The second kappa shape index (κ2) is 7.42. The number of nitrogens with zero attached hydrogens (tertiary/aromatic N) is 1. The van der Waals surface area contributed by atoms with Gasteiger partial charge in [0.25, 0.3) is 0 Å². The van der Waals surface area contributed by atoms with Crippen LogP contribution in [0.4, 0.5) is 0 Å². The molecule has 0 radical (unpaired) electrons. The van der Waals surface area contributed by atoms with Crippen LogP contribution >= 0.6 is 0 Å². The number of nitrogens with two attached hydrogens (primary N) is 1. The first-order chi connectivity index (χ1) is 10.1. The Morgan fingerprint density at radius 1 is 1.19 bits per heavy atom. The van der Waals surface area contributed by atoms with E-state index >= 15 is 0 Å². The number of hydrogen-bond donors (Lipinski definition) is 1. The minimum Gasteiger partial charge on any atom is -0.329 e. The van der Waals surface area contributed by atoms with Gasteiger partial charge in [0.2, 0.25) is 0 Å². The van der Waals surface area contributed by atoms with Gasteiger partial charge in [-0.1, -0.05) is 37.3 Å². The standard InChI is InChI=1S/C19H32N2/c1-4-14-21(16(2)3)19(15-20)12-10-18(11-13-19)17-8-6-5-7-9-17/h5-9,16,18H,4,10-15,20H2,1-3H3. The SMILES string of the molecule is CCCN(C(C)C)C1(CN)CCC(c2ccccc2)CC1. The lowest BCUT2D eigenvalue weighted by atomic mass is 9.72. The van der Waals surface area contributed by atoms with Crippen molar-refractivity contribution in [3.05, 3.63) is 35.9 Å². The van der Waals surface area contributed by atoms with E-state index in [9.17, 15) is 0 Å². The van der Waals surface area contributed by atoms with E-state index in [0.717, 1.165) is 12.5 Å². The highest BCUT2D eigenvalue weighted by Gasteiger charge is 2.40. The Morgan fingerprint density at radius 3 is 2.29 bits per heavy atom. The zero-order chi connectivity index (χ0) is 15.3. The average molecular weight is 288 g/mol. The maximum atomic E-state index is 6.25. The van der Waals surface area contributed by atoms with E-state index in [-0.39, 0.29) is 5.54 Å². The van der Waals surface area contributed by atoms with Crippen LogP contribution in [0, 0.1) is 0 Å². The van der Waals surface area contributed by atoms with Crippen LogP contribution < -0.4 is 5.73 Å². The van der Waals surface area contributed by atoms with Crippen LogP contribution in [0.5, 0.6) is 0 Å². The van der Waals surface area contributed by atoms with Gasteiger partial charge >= 0.3 is 0 Å². The molecule has 0 spiro atoms. The molecular weight excluding hydrogens is 256 g/mol. The average Bonchev–Trinajstić information content (AvgIpc) is 2.53. The summed E-state index contributed by atoms with van der Waals surface area (Å²) in [5.74, 6) is 0.724. The van der Waals surface area contributed by atoms with Crippen LogP contribution in [0.3, 0.4) is 0 Å². The first-order valence-electron chi connectivity index (χ1n) is 8.64. The van der Waals surface area contributed by atoms with Gasteiger partial charge < -0.3 is 5.73 Å². The Labute approximate surface area is 130 Å². The van der Waals surface area contributed by atoms with E-state index in [0.29, 0.717) is 6.04 Å². The van der Waals surface area contributed by atoms with Gasteiger partial charge in [-0.3, -0.25) is 4.90 Å². The lowest BCUT2D eigenvalue weighted by Crippen LogP contribution is -2.58. The first kappa shape index (κ1) is 16.5. The maximum absolute atomic E-state index is 6.25. The van der Waals surface area contributed by atoms with E-state index in [2.05, 4.69) is 56.0 Å². The Kier molecular flexibility index (Phi) is 5.83. The van der Waals surface area contributed by atoms with Crippen molar-refractivity contribution in [3.8, 4) is 0 Å². The van der Waals surface area contributed by atoms with Gasteiger partial charge in [0, 0.05) is 18.1 Å². The summed E-state index contributed by atoms with van der Waals surface area (Å²) in [6.07, 6.45) is 6.23. The fraction of sp³-hybridized carbons (Fsp3) is 0.684. The molecule has 0 atom stereocenters. The molecular formula is C19H32N2. The predicted octanol–water partition coefficient (Wildman–Crippen LogP) is 4.16. The minimum absolute atomic E-state index is 0.232. The summed E-state index contributed by atoms with van der Waals surface area (Å²) >= 11 is 0. The molecule has 0 aliphatic heterocycles. The summed E-state index contributed by atoms with van der Waals surface area (Å²) in [4.78, 5) is 2.67. The van der Waals surface area contributed by atoms with Crippen molar-refractivity contribution in [1.82, 2.24) is 4.90 Å². The molecule has 1 aliphatic rings. The zero-order valence-electron chi connectivity index (χ0n) is 14.0. The molecule has 0 bridgehead atoms. The largest absolute Gasteiger partial charge is 0.329 e. The van der Waals surface area contributed by atoms with Gasteiger partial charge in [-0.05, 0) is 64.0 Å². The van der Waals surface area contributed by atoms with Gasteiger partial charge in [-0.25, -0.2) is 0 Å². The lowest BCUT2D eigenvalue weighted by Gasteiger charge is -2.49. The lowest BCUT2D eigenvalue weighted by molar-refractivity contribution is 0.0256. The van der Waals surface area contributed by atoms with E-state index < -0.39 is 0 Å². The molecule has 2 heteroatoms. The number of benzene rings is 1. The topological polar surface area (TPSA) is 29.3 Å². The maximum Gasteiger partial charge on any atom is 0.0334 e. The molecule has 1 aromatic rings. The molecule has 1 fully saturated rings. The van der Waals surface area contributed by atoms with Crippen molar-refractivity contribution >= 4 is 0 Å². The minimum atomic E-state index is 0.232. The molecule has 2 N–H and O–H groups in total. The zero-order valence-corrected chi connectivity index (χ0v) is 14.0. The smallest absolute Gasteiger partial charge is 0.0334 e. The molecule has 1 aromatic carbocycles. The third kappa shape index (κ3) is 3.67. The van der Waals surface area contributed by atoms with Crippen molar-refractivity contribution in [2.75, 3.05) is 13.1 Å². The monoisotopic (exact) mass is 288 g/mol. The molecule has 0 heterocycles. The van der Waals surface area contributed by atoms with Crippen molar-refractivity contribution in [2.45, 2.75) is 70.4 Å². The molecule has 2 nitrogen and oxygen atoms in total. The molecule has 0 amide bonds. The molecule has 0 saturated heterocycles. The summed E-state index contributed by atoms with van der Waals surface area (Å²) in [6, 6.07) is 11.6. The Morgan fingerprint density at radius 2 is 1.81 bits per heavy atom. The quantitative estimate of drug-likeness (QED) is 0.851. The highest BCUT2D eigenvalue weighted by molar-refractivity contribution is 5.20. The van der Waals surface area contributed by atoms with E-state index in [4.69, 9.17) is 5.73 Å². The molecule has 2 rings (SSSR count). The molecule has 21 heavy (non-hydrogen) atoms. The van der Waals surface area contributed by atoms with Gasteiger partial charge in [0.1, 0.15) is 0 Å². The molecule has 118 valence electrons. The van der Waals surface area contributed by atoms with Crippen molar-refractivity contribution in [1.29, 1.82) is 0 Å². The Bertz CT molecular complexity index is 405. The molecule has 0 aromatic heterocycles. The van der Waals surface area contributed by atoms with Gasteiger partial charge in [0.15, 0.2) is 0 Å². The number of hydrogen-bond acceptors (Lipinski definition) is 2. The third-order valence-corrected chi connectivity index (χ3v) is 5.26. The van der Waals surface area contributed by atoms with Gasteiger partial charge in [-0.15, -0.1) is 0 Å². The predicted molar refractivity (Wildman–Crippen MR) is 91.6 cm³/mol. The third-order valence-electron chi connectivity index (χ3n) is 5.26. The van der Waals surface area contributed by atoms with E-state index in [1.54, 1.807) is 0 Å². The van der Waals surface area contributed by atoms with E-state index in [1.807, 2.05) is 0 Å². The van der Waals surface area contributed by atoms with Crippen molar-refractivity contribution < 1.29 is 0 Å². The Balaban J connectivity index is 2.08. The van der Waals surface area contributed by atoms with Gasteiger partial charge in [-0.2, -0.15) is 0 Å². The summed E-state index contributed by atoms with van der Waals surface area (Å²) in [5, 5.41) is 0. The van der Waals surface area contributed by atoms with Crippen LogP contribution in [0.25, 0.3) is 0 Å². The van der Waals surface area contributed by atoms with Crippen LogP contribution in [-0.2, 0) is 0 Å². The van der Waals surface area contributed by atoms with Crippen molar-refractivity contribution in [3.63, 3.8) is 0 Å². The van der Waals surface area contributed by atoms with Crippen LogP contribution in [-0.4, -0.2) is 29.6 Å². The summed E-state index contributed by atoms with van der Waals surface area (Å²) in [6.45, 7) is 8.87. The second-order valence-corrected chi connectivity index (χ2v) is 6.90. The highest BCUT2D eigenvalue weighted by atomic mass is 15.2. The van der Waals surface area contributed by atoms with Crippen LogP contribution in [0.15, 0.2) is 30.3 Å². The van der Waals surface area contributed by atoms with Crippen molar-refractivity contribution in [2.24, 2.45) is 5.73 Å². The Hall–Kier alpha value is -0.860. The molecule has 0 unspecified atom stereocenters. The normalized spacial score (nSPS) is 26.5. The summed E-state index contributed by atoms with van der Waals surface area (Å²) in [5.41, 5.74) is 7.99. The number of rotatable bonds is 6. The highest BCUT2D eigenvalue weighted by Crippen LogP contribution is 2.41.